The summed E-state index contributed by atoms with van der Waals surface area (Å²) < 4.78 is 0. The number of amides is 1. The van der Waals surface area contributed by atoms with Crippen LogP contribution in [-0.2, 0) is 11.2 Å². The topological polar surface area (TPSA) is 70.7 Å². The van der Waals surface area contributed by atoms with Gasteiger partial charge in [0.2, 0.25) is 5.91 Å². The molecule has 5 nitrogen and oxygen atoms in total. The number of thiazole rings is 1. The summed E-state index contributed by atoms with van der Waals surface area (Å²) in [4.78, 5) is 16.2. The molecule has 0 spiro atoms. The van der Waals surface area contributed by atoms with Gasteiger partial charge in [0.25, 0.3) is 0 Å². The molecular formula is C14H20N4OS. The number of nitrogens with zero attached hydrogens (tertiary/aromatic N) is 2. The molecule has 20 heavy (non-hydrogen) atoms. The number of nitrogens with one attached hydrogen (secondary N) is 2. The van der Waals surface area contributed by atoms with Gasteiger partial charge in [-0.25, -0.2) is 4.98 Å². The van der Waals surface area contributed by atoms with E-state index in [-0.39, 0.29) is 11.8 Å². The fourth-order valence-corrected chi connectivity index (χ4v) is 2.76. The van der Waals surface area contributed by atoms with Gasteiger partial charge in [0.15, 0.2) is 0 Å². The number of H-pyrrole nitrogens is 1. The van der Waals surface area contributed by atoms with Gasteiger partial charge in [-0.05, 0) is 25.3 Å². The van der Waals surface area contributed by atoms with Crippen molar-refractivity contribution in [1.29, 1.82) is 0 Å². The number of hydrogen-bond donors (Lipinski definition) is 2. The minimum absolute atomic E-state index is 0.105. The minimum Gasteiger partial charge on any atom is -0.355 e. The molecule has 2 N–H and O–H groups in total. The lowest BCUT2D eigenvalue weighted by Gasteiger charge is -2.10. The molecule has 108 valence electrons. The summed E-state index contributed by atoms with van der Waals surface area (Å²) in [5, 5.41) is 12.8. The van der Waals surface area contributed by atoms with Crippen LogP contribution in [0.15, 0.2) is 17.8 Å². The first-order valence-electron chi connectivity index (χ1n) is 6.81. The van der Waals surface area contributed by atoms with Crippen LogP contribution in [0.3, 0.4) is 0 Å². The van der Waals surface area contributed by atoms with Gasteiger partial charge in [0.05, 0.1) is 11.2 Å². The van der Waals surface area contributed by atoms with Crippen molar-refractivity contribution >= 4 is 17.2 Å². The highest BCUT2D eigenvalue weighted by atomic mass is 32.1. The number of hydrogen-bond acceptors (Lipinski definition) is 4. The summed E-state index contributed by atoms with van der Waals surface area (Å²) in [6.45, 7) is 4.72. The van der Waals surface area contributed by atoms with Crippen LogP contribution in [0.1, 0.15) is 41.9 Å². The van der Waals surface area contributed by atoms with Crippen molar-refractivity contribution in [3.63, 3.8) is 0 Å². The lowest BCUT2D eigenvalue weighted by molar-refractivity contribution is -0.121. The molecule has 0 aliphatic heterocycles. The number of carbonyl (C=O) groups is 1. The first kappa shape index (κ1) is 14.7. The fraction of sp³-hybridized carbons (Fsp3) is 0.500. The monoisotopic (exact) mass is 292 g/mol. The van der Waals surface area contributed by atoms with E-state index in [1.54, 1.807) is 17.5 Å². The van der Waals surface area contributed by atoms with Crippen molar-refractivity contribution in [3.8, 4) is 0 Å². The Balaban J connectivity index is 1.64. The summed E-state index contributed by atoms with van der Waals surface area (Å²) in [5.41, 5.74) is 2.19. The summed E-state index contributed by atoms with van der Waals surface area (Å²) in [6, 6.07) is 0. The van der Waals surface area contributed by atoms with Crippen molar-refractivity contribution in [2.75, 3.05) is 6.54 Å². The van der Waals surface area contributed by atoms with E-state index in [0.29, 0.717) is 13.0 Å². The van der Waals surface area contributed by atoms with E-state index >= 15 is 0 Å². The molecule has 1 amide bonds. The Morgan fingerprint density at radius 2 is 2.40 bits per heavy atom. The second-order valence-electron chi connectivity index (χ2n) is 4.99. The molecule has 0 aromatic carbocycles. The second kappa shape index (κ2) is 7.19. The average molecular weight is 292 g/mol. The zero-order valence-corrected chi connectivity index (χ0v) is 12.7. The standard InChI is InChI=1S/C14H20N4OS/c1-10(14-18-11(2)9-20-14)6-15-13(19)5-3-4-12-7-16-17-8-12/h7-10H,3-6H2,1-2H3,(H,15,19)(H,16,17). The SMILES string of the molecule is Cc1csc(C(C)CNC(=O)CCCc2cn[nH]c2)n1. The third kappa shape index (κ3) is 4.45. The second-order valence-corrected chi connectivity index (χ2v) is 5.88. The Morgan fingerprint density at radius 1 is 1.55 bits per heavy atom. The zero-order valence-electron chi connectivity index (χ0n) is 11.8. The molecule has 2 rings (SSSR count). The molecule has 0 saturated carbocycles. The number of rotatable bonds is 7. The molecule has 2 aromatic heterocycles. The van der Waals surface area contributed by atoms with Crippen LogP contribution in [0, 0.1) is 6.92 Å². The van der Waals surface area contributed by atoms with Crippen LogP contribution >= 0.6 is 11.3 Å². The first-order chi connectivity index (χ1) is 9.65. The van der Waals surface area contributed by atoms with Crippen molar-refractivity contribution in [2.24, 2.45) is 0 Å². The summed E-state index contributed by atoms with van der Waals surface area (Å²) in [6.07, 6.45) is 5.94. The Bertz CT molecular complexity index is 535. The van der Waals surface area contributed by atoms with Gasteiger partial charge in [-0.1, -0.05) is 6.92 Å². The molecule has 0 aliphatic rings. The summed E-state index contributed by atoms with van der Waals surface area (Å²) in [7, 11) is 0. The highest BCUT2D eigenvalue weighted by Crippen LogP contribution is 2.18. The summed E-state index contributed by atoms with van der Waals surface area (Å²) in [5.74, 6) is 0.375. The molecule has 0 bridgehead atoms. The van der Waals surface area contributed by atoms with Crippen LogP contribution < -0.4 is 5.32 Å². The van der Waals surface area contributed by atoms with Crippen molar-refractivity contribution < 1.29 is 4.79 Å². The van der Waals surface area contributed by atoms with E-state index in [9.17, 15) is 4.79 Å². The Kier molecular flexibility index (Phi) is 5.29. The quantitative estimate of drug-likeness (QED) is 0.823. The Morgan fingerprint density at radius 3 is 3.05 bits per heavy atom. The van der Waals surface area contributed by atoms with Gasteiger partial charge in [-0.2, -0.15) is 5.10 Å². The predicted molar refractivity (Wildman–Crippen MR) is 79.8 cm³/mol. The Hall–Kier alpha value is -1.69. The third-order valence-electron chi connectivity index (χ3n) is 3.09. The number of carbonyl (C=O) groups excluding carboxylic acids is 1. The molecule has 1 atom stereocenters. The van der Waals surface area contributed by atoms with E-state index in [1.165, 1.54) is 0 Å². The highest BCUT2D eigenvalue weighted by Gasteiger charge is 2.11. The van der Waals surface area contributed by atoms with Crippen LogP contribution in [0.4, 0.5) is 0 Å². The zero-order chi connectivity index (χ0) is 14.4. The maximum atomic E-state index is 11.8. The van der Waals surface area contributed by atoms with E-state index in [1.807, 2.05) is 18.5 Å². The fourth-order valence-electron chi connectivity index (χ4n) is 1.91. The van der Waals surface area contributed by atoms with Crippen LogP contribution in [0.2, 0.25) is 0 Å². The lowest BCUT2D eigenvalue weighted by atomic mass is 10.1. The minimum atomic E-state index is 0.105. The molecule has 2 heterocycles. The van der Waals surface area contributed by atoms with Gasteiger partial charge < -0.3 is 5.32 Å². The molecule has 0 aliphatic carbocycles. The largest absolute Gasteiger partial charge is 0.355 e. The van der Waals surface area contributed by atoms with Crippen LogP contribution in [-0.4, -0.2) is 27.6 Å². The first-order valence-corrected chi connectivity index (χ1v) is 7.69. The van der Waals surface area contributed by atoms with E-state index in [4.69, 9.17) is 0 Å². The highest BCUT2D eigenvalue weighted by molar-refractivity contribution is 7.09. The number of aromatic amines is 1. The number of aromatic nitrogens is 3. The predicted octanol–water partition coefficient (Wildman–Crippen LogP) is 2.42. The van der Waals surface area contributed by atoms with Crippen molar-refractivity contribution in [3.05, 3.63) is 34.0 Å². The van der Waals surface area contributed by atoms with Crippen molar-refractivity contribution in [1.82, 2.24) is 20.5 Å². The van der Waals surface area contributed by atoms with E-state index in [2.05, 4.69) is 27.4 Å². The average Bonchev–Trinajstić information content (AvgIpc) is 3.07. The van der Waals surface area contributed by atoms with E-state index < -0.39 is 0 Å². The van der Waals surface area contributed by atoms with Crippen LogP contribution in [0.5, 0.6) is 0 Å². The summed E-state index contributed by atoms with van der Waals surface area (Å²) >= 11 is 1.65. The van der Waals surface area contributed by atoms with Crippen molar-refractivity contribution in [2.45, 2.75) is 39.0 Å². The number of aryl methyl sites for hydroxylation is 2. The van der Waals surface area contributed by atoms with Gasteiger partial charge in [-0.15, -0.1) is 11.3 Å². The molecule has 2 aromatic rings. The maximum Gasteiger partial charge on any atom is 0.220 e. The molecule has 0 fully saturated rings. The molecule has 6 heteroatoms. The maximum absolute atomic E-state index is 11.8. The molecule has 1 unspecified atom stereocenters. The van der Waals surface area contributed by atoms with Gasteiger partial charge in [-0.3, -0.25) is 9.89 Å². The van der Waals surface area contributed by atoms with Gasteiger partial charge in [0, 0.05) is 36.2 Å². The third-order valence-corrected chi connectivity index (χ3v) is 4.28. The van der Waals surface area contributed by atoms with Gasteiger partial charge in [0.1, 0.15) is 0 Å². The Labute approximate surface area is 122 Å². The van der Waals surface area contributed by atoms with Crippen LogP contribution in [0.25, 0.3) is 0 Å². The molecule has 0 saturated heterocycles. The molecular weight excluding hydrogens is 272 g/mol. The molecule has 0 radical (unpaired) electrons. The van der Waals surface area contributed by atoms with Gasteiger partial charge >= 0.3 is 0 Å². The smallest absolute Gasteiger partial charge is 0.220 e. The lowest BCUT2D eigenvalue weighted by Crippen LogP contribution is -2.27. The normalized spacial score (nSPS) is 12.3. The van der Waals surface area contributed by atoms with E-state index in [0.717, 1.165) is 29.1 Å².